The van der Waals surface area contributed by atoms with Crippen molar-refractivity contribution in [2.24, 2.45) is 0 Å². The Morgan fingerprint density at radius 2 is 2.12 bits per heavy atom. The van der Waals surface area contributed by atoms with Crippen LogP contribution in [-0.2, 0) is 4.74 Å². The molecule has 1 atom stereocenters. The maximum atomic E-state index is 12.2. The number of carbonyl (C=O) groups is 1. The van der Waals surface area contributed by atoms with Crippen LogP contribution in [0.5, 0.6) is 0 Å². The number of aliphatic hydroxyl groups is 1. The Morgan fingerprint density at radius 1 is 1.47 bits per heavy atom. The molecule has 0 amide bonds. The number of ether oxygens (including phenoxy) is 1. The monoisotopic (exact) mass is 248 g/mol. The summed E-state index contributed by atoms with van der Waals surface area (Å²) in [5.41, 5.74) is -0.407. The first kappa shape index (κ1) is 13.5. The lowest BCUT2D eigenvalue weighted by Crippen LogP contribution is -2.20. The van der Waals surface area contributed by atoms with Crippen molar-refractivity contribution in [1.82, 2.24) is 0 Å². The molecule has 0 saturated heterocycles. The zero-order valence-electron chi connectivity index (χ0n) is 8.99. The van der Waals surface area contributed by atoms with Crippen LogP contribution in [0.25, 0.3) is 0 Å². The molecule has 1 N–H and O–H groups in total. The summed E-state index contributed by atoms with van der Waals surface area (Å²) in [6.07, 6.45) is -7.36. The lowest BCUT2D eigenvalue weighted by molar-refractivity contribution is -0.206. The fraction of sp³-hybridized carbons (Fsp3) is 0.364. The molecule has 94 valence electrons. The molecule has 0 radical (unpaired) electrons. The van der Waals surface area contributed by atoms with E-state index >= 15 is 0 Å². The van der Waals surface area contributed by atoms with E-state index < -0.39 is 18.2 Å². The molecule has 1 aromatic rings. The van der Waals surface area contributed by atoms with E-state index in [1.807, 2.05) is 0 Å². The number of alkyl halides is 3. The Morgan fingerprint density at radius 3 is 2.65 bits per heavy atom. The van der Waals surface area contributed by atoms with Crippen molar-refractivity contribution >= 4 is 5.97 Å². The molecular formula is C11H11F3O3. The topological polar surface area (TPSA) is 46.5 Å². The predicted octanol–water partition coefficient (Wildman–Crippen LogP) is 2.46. The average molecular weight is 248 g/mol. The van der Waals surface area contributed by atoms with Crippen LogP contribution in [0.1, 0.15) is 28.9 Å². The summed E-state index contributed by atoms with van der Waals surface area (Å²) in [6, 6.07) is 4.65. The van der Waals surface area contributed by atoms with Crippen molar-refractivity contribution in [2.75, 3.05) is 6.61 Å². The van der Waals surface area contributed by atoms with Crippen LogP contribution in [0.2, 0.25) is 0 Å². The van der Waals surface area contributed by atoms with Gasteiger partial charge in [-0.15, -0.1) is 0 Å². The Hall–Kier alpha value is -1.56. The molecule has 0 aromatic heterocycles. The SMILES string of the molecule is CCOC(=O)c1cccc(C(O)C(F)(F)F)c1. The second-order valence-corrected chi connectivity index (χ2v) is 3.29. The number of aliphatic hydroxyl groups excluding tert-OH is 1. The highest BCUT2D eigenvalue weighted by Gasteiger charge is 2.39. The molecule has 3 nitrogen and oxygen atoms in total. The van der Waals surface area contributed by atoms with Crippen molar-refractivity contribution in [3.8, 4) is 0 Å². The summed E-state index contributed by atoms with van der Waals surface area (Å²) < 4.78 is 41.4. The quantitative estimate of drug-likeness (QED) is 0.836. The van der Waals surface area contributed by atoms with Gasteiger partial charge < -0.3 is 9.84 Å². The lowest BCUT2D eigenvalue weighted by Gasteiger charge is -2.15. The average Bonchev–Trinajstić information content (AvgIpc) is 2.27. The Bertz CT molecular complexity index is 401. The minimum Gasteiger partial charge on any atom is -0.462 e. The molecule has 1 unspecified atom stereocenters. The first-order valence-corrected chi connectivity index (χ1v) is 4.88. The number of esters is 1. The Labute approximate surface area is 95.8 Å². The van der Waals surface area contributed by atoms with Crippen molar-refractivity contribution < 1.29 is 27.8 Å². The zero-order valence-corrected chi connectivity index (χ0v) is 8.99. The lowest BCUT2D eigenvalue weighted by atomic mass is 10.1. The Kier molecular flexibility index (Phi) is 4.11. The maximum absolute atomic E-state index is 12.2. The van der Waals surface area contributed by atoms with E-state index in [1.54, 1.807) is 6.92 Å². The largest absolute Gasteiger partial charge is 0.462 e. The van der Waals surface area contributed by atoms with Gasteiger partial charge in [0.05, 0.1) is 12.2 Å². The molecule has 0 aliphatic heterocycles. The van der Waals surface area contributed by atoms with Crippen LogP contribution >= 0.6 is 0 Å². The van der Waals surface area contributed by atoms with E-state index in [4.69, 9.17) is 5.11 Å². The van der Waals surface area contributed by atoms with Crippen molar-refractivity contribution in [3.63, 3.8) is 0 Å². The molecule has 0 fully saturated rings. The highest BCUT2D eigenvalue weighted by Crippen LogP contribution is 2.32. The number of hydrogen-bond donors (Lipinski definition) is 1. The normalized spacial score (nSPS) is 13.2. The van der Waals surface area contributed by atoms with Gasteiger partial charge in [-0.05, 0) is 24.6 Å². The Balaban J connectivity index is 2.97. The van der Waals surface area contributed by atoms with Crippen LogP contribution in [-0.4, -0.2) is 23.9 Å². The molecule has 0 bridgehead atoms. The molecule has 17 heavy (non-hydrogen) atoms. The van der Waals surface area contributed by atoms with Gasteiger partial charge in [0.1, 0.15) is 0 Å². The van der Waals surface area contributed by atoms with Gasteiger partial charge in [-0.3, -0.25) is 0 Å². The zero-order chi connectivity index (χ0) is 13.1. The smallest absolute Gasteiger partial charge is 0.418 e. The van der Waals surface area contributed by atoms with Gasteiger partial charge in [0.15, 0.2) is 6.10 Å². The van der Waals surface area contributed by atoms with Crippen molar-refractivity contribution in [3.05, 3.63) is 35.4 Å². The molecule has 0 heterocycles. The minimum atomic E-state index is -4.76. The van der Waals surface area contributed by atoms with Gasteiger partial charge in [0.25, 0.3) is 0 Å². The van der Waals surface area contributed by atoms with Gasteiger partial charge in [-0.2, -0.15) is 13.2 Å². The van der Waals surface area contributed by atoms with Crippen molar-refractivity contribution in [2.45, 2.75) is 19.2 Å². The van der Waals surface area contributed by atoms with Gasteiger partial charge in [-0.1, -0.05) is 12.1 Å². The molecule has 0 aliphatic carbocycles. The van der Waals surface area contributed by atoms with Gasteiger partial charge in [0.2, 0.25) is 0 Å². The summed E-state index contributed by atoms with van der Waals surface area (Å²) in [4.78, 5) is 11.3. The van der Waals surface area contributed by atoms with Crippen LogP contribution in [0.3, 0.4) is 0 Å². The molecule has 1 aromatic carbocycles. The number of benzene rings is 1. The fourth-order valence-corrected chi connectivity index (χ4v) is 1.24. The third kappa shape index (κ3) is 3.45. The van der Waals surface area contributed by atoms with E-state index in [1.165, 1.54) is 12.1 Å². The molecule has 0 saturated carbocycles. The standard InChI is InChI=1S/C11H11F3O3/c1-2-17-10(16)8-5-3-4-7(6-8)9(15)11(12,13)14/h3-6,9,15H,2H2,1H3. The van der Waals surface area contributed by atoms with Crippen LogP contribution in [0.15, 0.2) is 24.3 Å². The van der Waals surface area contributed by atoms with Crippen molar-refractivity contribution in [1.29, 1.82) is 0 Å². The van der Waals surface area contributed by atoms with E-state index in [9.17, 15) is 18.0 Å². The first-order chi connectivity index (χ1) is 7.86. The van der Waals surface area contributed by atoms with E-state index in [2.05, 4.69) is 4.74 Å². The van der Waals surface area contributed by atoms with Gasteiger partial charge in [-0.25, -0.2) is 4.79 Å². The van der Waals surface area contributed by atoms with E-state index in [0.717, 1.165) is 12.1 Å². The van der Waals surface area contributed by atoms with Crippen LogP contribution < -0.4 is 0 Å². The highest BCUT2D eigenvalue weighted by molar-refractivity contribution is 5.89. The minimum absolute atomic E-state index is 0.0207. The highest BCUT2D eigenvalue weighted by atomic mass is 19.4. The molecule has 1 rings (SSSR count). The van der Waals surface area contributed by atoms with Crippen LogP contribution in [0, 0.1) is 0 Å². The number of hydrogen-bond acceptors (Lipinski definition) is 3. The van der Waals surface area contributed by atoms with Crippen LogP contribution in [0.4, 0.5) is 13.2 Å². The summed E-state index contributed by atoms with van der Waals surface area (Å²) in [5, 5.41) is 9.02. The summed E-state index contributed by atoms with van der Waals surface area (Å²) >= 11 is 0. The van der Waals surface area contributed by atoms with E-state index in [0.29, 0.717) is 0 Å². The first-order valence-electron chi connectivity index (χ1n) is 4.88. The third-order valence-electron chi connectivity index (χ3n) is 2.02. The van der Waals surface area contributed by atoms with E-state index in [-0.39, 0.29) is 17.7 Å². The number of carbonyl (C=O) groups excluding carboxylic acids is 1. The molecule has 0 spiro atoms. The second-order valence-electron chi connectivity index (χ2n) is 3.29. The third-order valence-corrected chi connectivity index (χ3v) is 2.02. The predicted molar refractivity (Wildman–Crippen MR) is 53.4 cm³/mol. The molecule has 6 heteroatoms. The second kappa shape index (κ2) is 5.18. The summed E-state index contributed by atoms with van der Waals surface area (Å²) in [6.45, 7) is 1.72. The van der Waals surface area contributed by atoms with Gasteiger partial charge >= 0.3 is 12.1 Å². The fourth-order valence-electron chi connectivity index (χ4n) is 1.24. The summed E-state index contributed by atoms with van der Waals surface area (Å²) in [5.74, 6) is -0.719. The molecule has 0 aliphatic rings. The summed E-state index contributed by atoms with van der Waals surface area (Å²) in [7, 11) is 0. The van der Waals surface area contributed by atoms with Gasteiger partial charge in [0, 0.05) is 0 Å². The number of rotatable bonds is 3. The molecular weight excluding hydrogens is 237 g/mol. The number of halogens is 3. The maximum Gasteiger partial charge on any atom is 0.418 e.